The van der Waals surface area contributed by atoms with Crippen molar-refractivity contribution < 1.29 is 4.79 Å². The molecule has 0 N–H and O–H groups in total. The predicted molar refractivity (Wildman–Crippen MR) is 93.6 cm³/mol. The first kappa shape index (κ1) is 17.1. The van der Waals surface area contributed by atoms with Crippen LogP contribution in [0.15, 0.2) is 24.3 Å². The summed E-state index contributed by atoms with van der Waals surface area (Å²) in [6, 6.07) is 7.95. The van der Waals surface area contributed by atoms with Crippen LogP contribution in [-0.4, -0.2) is 37.0 Å². The van der Waals surface area contributed by atoms with Crippen molar-refractivity contribution in [1.82, 2.24) is 4.90 Å². The third-order valence-electron chi connectivity index (χ3n) is 4.53. The maximum absolute atomic E-state index is 12.6. The van der Waals surface area contributed by atoms with Crippen molar-refractivity contribution in [3.63, 3.8) is 0 Å². The van der Waals surface area contributed by atoms with Gasteiger partial charge in [-0.3, -0.25) is 4.79 Å². The summed E-state index contributed by atoms with van der Waals surface area (Å²) >= 11 is 5.94. The highest BCUT2D eigenvalue weighted by molar-refractivity contribution is 6.30. The van der Waals surface area contributed by atoms with Gasteiger partial charge in [0.25, 0.3) is 0 Å². The van der Waals surface area contributed by atoms with Gasteiger partial charge in [-0.2, -0.15) is 0 Å². The SMILES string of the molecule is CCCCC(CC)C(=O)N1CCN(c2ccc(Cl)cc2)CC1. The molecule has 0 spiro atoms. The lowest BCUT2D eigenvalue weighted by molar-refractivity contribution is -0.136. The lowest BCUT2D eigenvalue weighted by Crippen LogP contribution is -2.50. The summed E-state index contributed by atoms with van der Waals surface area (Å²) in [6.45, 7) is 7.76. The fourth-order valence-corrected chi connectivity index (χ4v) is 3.17. The summed E-state index contributed by atoms with van der Waals surface area (Å²) in [7, 11) is 0. The molecular weight excluding hydrogens is 296 g/mol. The fourth-order valence-electron chi connectivity index (χ4n) is 3.05. The van der Waals surface area contributed by atoms with Crippen LogP contribution in [-0.2, 0) is 4.79 Å². The Morgan fingerprint density at radius 2 is 1.77 bits per heavy atom. The van der Waals surface area contributed by atoms with Gasteiger partial charge >= 0.3 is 0 Å². The molecule has 1 amide bonds. The Labute approximate surface area is 139 Å². The average Bonchev–Trinajstić information content (AvgIpc) is 2.56. The smallest absolute Gasteiger partial charge is 0.225 e. The minimum Gasteiger partial charge on any atom is -0.368 e. The topological polar surface area (TPSA) is 23.6 Å². The first-order valence-corrected chi connectivity index (χ1v) is 8.82. The second kappa shape index (κ2) is 8.42. The van der Waals surface area contributed by atoms with Crippen LogP contribution in [0, 0.1) is 5.92 Å². The van der Waals surface area contributed by atoms with Crippen LogP contribution in [0.5, 0.6) is 0 Å². The molecule has 4 heteroatoms. The Balaban J connectivity index is 1.88. The van der Waals surface area contributed by atoms with Gasteiger partial charge in [0, 0.05) is 42.8 Å². The zero-order chi connectivity index (χ0) is 15.9. The van der Waals surface area contributed by atoms with E-state index in [9.17, 15) is 4.79 Å². The van der Waals surface area contributed by atoms with Gasteiger partial charge in [-0.25, -0.2) is 0 Å². The van der Waals surface area contributed by atoms with Gasteiger partial charge in [0.1, 0.15) is 0 Å². The van der Waals surface area contributed by atoms with E-state index in [4.69, 9.17) is 11.6 Å². The number of hydrogen-bond donors (Lipinski definition) is 0. The number of unbranched alkanes of at least 4 members (excludes halogenated alkanes) is 1. The van der Waals surface area contributed by atoms with Crippen LogP contribution in [0.2, 0.25) is 5.02 Å². The Morgan fingerprint density at radius 3 is 2.32 bits per heavy atom. The number of halogens is 1. The Kier molecular flexibility index (Phi) is 6.56. The van der Waals surface area contributed by atoms with Gasteiger partial charge in [-0.05, 0) is 37.1 Å². The Bertz CT molecular complexity index is 466. The highest BCUT2D eigenvalue weighted by atomic mass is 35.5. The molecule has 22 heavy (non-hydrogen) atoms. The predicted octanol–water partition coefficient (Wildman–Crippen LogP) is 4.21. The number of benzene rings is 1. The number of nitrogens with zero attached hydrogens (tertiary/aromatic N) is 2. The van der Waals surface area contributed by atoms with Crippen LogP contribution in [0.4, 0.5) is 5.69 Å². The molecule has 0 bridgehead atoms. The van der Waals surface area contributed by atoms with Gasteiger partial charge in [0.2, 0.25) is 5.91 Å². The molecule has 1 heterocycles. The van der Waals surface area contributed by atoms with E-state index in [0.29, 0.717) is 5.91 Å². The molecule has 1 aromatic rings. The maximum Gasteiger partial charge on any atom is 0.225 e. The minimum absolute atomic E-state index is 0.210. The lowest BCUT2D eigenvalue weighted by atomic mass is 9.97. The number of piperazine rings is 1. The fraction of sp³-hybridized carbons (Fsp3) is 0.611. The zero-order valence-corrected chi connectivity index (χ0v) is 14.5. The lowest BCUT2D eigenvalue weighted by Gasteiger charge is -2.37. The van der Waals surface area contributed by atoms with Crippen LogP contribution in [0.1, 0.15) is 39.5 Å². The number of carbonyl (C=O) groups excluding carboxylic acids is 1. The van der Waals surface area contributed by atoms with Crippen molar-refractivity contribution in [1.29, 1.82) is 0 Å². The van der Waals surface area contributed by atoms with Crippen molar-refractivity contribution >= 4 is 23.2 Å². The van der Waals surface area contributed by atoms with Crippen molar-refractivity contribution in [3.05, 3.63) is 29.3 Å². The third kappa shape index (κ3) is 4.39. The molecule has 3 nitrogen and oxygen atoms in total. The molecule has 1 atom stereocenters. The summed E-state index contributed by atoms with van der Waals surface area (Å²) in [4.78, 5) is 17.0. The molecule has 1 saturated heterocycles. The largest absolute Gasteiger partial charge is 0.368 e. The van der Waals surface area contributed by atoms with Crippen molar-refractivity contribution in [2.75, 3.05) is 31.1 Å². The summed E-state index contributed by atoms with van der Waals surface area (Å²) in [5, 5.41) is 0.763. The molecule has 0 radical (unpaired) electrons. The second-order valence-electron chi connectivity index (χ2n) is 6.04. The molecule has 122 valence electrons. The van der Waals surface area contributed by atoms with Crippen LogP contribution >= 0.6 is 11.6 Å². The van der Waals surface area contributed by atoms with E-state index < -0.39 is 0 Å². The number of hydrogen-bond acceptors (Lipinski definition) is 2. The van der Waals surface area contributed by atoms with E-state index in [1.165, 1.54) is 5.69 Å². The van der Waals surface area contributed by atoms with Gasteiger partial charge < -0.3 is 9.80 Å². The van der Waals surface area contributed by atoms with E-state index in [1.54, 1.807) is 0 Å². The zero-order valence-electron chi connectivity index (χ0n) is 13.7. The molecule has 1 unspecified atom stereocenters. The number of carbonyl (C=O) groups is 1. The molecule has 1 aromatic carbocycles. The summed E-state index contributed by atoms with van der Waals surface area (Å²) < 4.78 is 0. The summed E-state index contributed by atoms with van der Waals surface area (Å²) in [6.07, 6.45) is 4.29. The monoisotopic (exact) mass is 322 g/mol. The molecule has 0 saturated carbocycles. The molecule has 1 fully saturated rings. The standard InChI is InChI=1S/C18H27ClN2O/c1-3-5-6-15(4-2)18(22)21-13-11-20(12-14-21)17-9-7-16(19)8-10-17/h7-10,15H,3-6,11-14H2,1-2H3. The molecule has 1 aliphatic rings. The molecule has 2 rings (SSSR count). The van der Waals surface area contributed by atoms with E-state index in [2.05, 4.69) is 35.8 Å². The van der Waals surface area contributed by atoms with Crippen LogP contribution < -0.4 is 4.90 Å². The maximum atomic E-state index is 12.6. The molecule has 0 aliphatic carbocycles. The van der Waals surface area contributed by atoms with Crippen molar-refractivity contribution in [2.45, 2.75) is 39.5 Å². The van der Waals surface area contributed by atoms with Crippen LogP contribution in [0.3, 0.4) is 0 Å². The quantitative estimate of drug-likeness (QED) is 0.783. The number of anilines is 1. The number of amides is 1. The van der Waals surface area contributed by atoms with E-state index in [0.717, 1.165) is 56.9 Å². The Hall–Kier alpha value is -1.22. The Morgan fingerprint density at radius 1 is 1.14 bits per heavy atom. The van der Waals surface area contributed by atoms with Gasteiger partial charge in [0.05, 0.1) is 0 Å². The first-order chi connectivity index (χ1) is 10.7. The molecular formula is C18H27ClN2O. The normalized spacial score (nSPS) is 16.7. The molecule has 1 aliphatic heterocycles. The van der Waals surface area contributed by atoms with Gasteiger partial charge in [-0.1, -0.05) is 38.3 Å². The number of rotatable bonds is 6. The highest BCUT2D eigenvalue weighted by Crippen LogP contribution is 2.21. The average molecular weight is 323 g/mol. The third-order valence-corrected chi connectivity index (χ3v) is 4.78. The first-order valence-electron chi connectivity index (χ1n) is 8.45. The van der Waals surface area contributed by atoms with Gasteiger partial charge in [-0.15, -0.1) is 0 Å². The highest BCUT2D eigenvalue weighted by Gasteiger charge is 2.26. The second-order valence-corrected chi connectivity index (χ2v) is 6.47. The van der Waals surface area contributed by atoms with Crippen LogP contribution in [0.25, 0.3) is 0 Å². The van der Waals surface area contributed by atoms with E-state index in [-0.39, 0.29) is 5.92 Å². The van der Waals surface area contributed by atoms with Crippen molar-refractivity contribution in [3.8, 4) is 0 Å². The van der Waals surface area contributed by atoms with E-state index in [1.807, 2.05) is 12.1 Å². The van der Waals surface area contributed by atoms with Crippen molar-refractivity contribution in [2.24, 2.45) is 5.92 Å². The summed E-state index contributed by atoms with van der Waals surface area (Å²) in [5.74, 6) is 0.564. The van der Waals surface area contributed by atoms with Gasteiger partial charge in [0.15, 0.2) is 0 Å². The summed E-state index contributed by atoms with van der Waals surface area (Å²) in [5.41, 5.74) is 1.19. The minimum atomic E-state index is 0.210. The van der Waals surface area contributed by atoms with E-state index >= 15 is 0 Å². The molecule has 0 aromatic heterocycles.